The zero-order valence-electron chi connectivity index (χ0n) is 55.3. The van der Waals surface area contributed by atoms with Crippen LogP contribution in [-0.2, 0) is 70.3 Å². The standard InChI is InChI=1S/C75H102O13/c1-13-22-85-69-53-41-55-47-62(74(7,8)9)49-57(70(55)86-23-14-2)43-59-51-64-52-60(44-58-50-63(75(10,11)12)48-56(71(58)87-24-15-3)42-54(69)46-61(45-53)73(4,5)6)72(59)88-40-36-81-32-28-77-27-31-80-35-39-84-68-21-17-18-65-66(68)19-16-20-67(65)83-38-34-79-30-26-76-25-29-78-33-37-82-64/h16-21,45-52H,13-15,22-44H2,1-12H3. The SMILES string of the molecule is CCCOc1c2cc(C(C)(C)C)cc1Cc1cc(C(C)(C)C)cc(c1OCCC)Cc1cc3cc(c1OCCOCCOCCOCCOc1cccc4c(cccc14)OCCOCCOCCOCCO3)Cc1cc(C(C)(C)C)cc(c1OCCC)C2. The van der Waals surface area contributed by atoms with Gasteiger partial charge < -0.3 is 61.6 Å². The fraction of sp³-hybridized carbons (Fsp3) is 0.547. The van der Waals surface area contributed by atoms with Crippen LogP contribution in [0.15, 0.2) is 84.9 Å². The lowest BCUT2D eigenvalue weighted by Gasteiger charge is -2.28. The maximum atomic E-state index is 7.13. The van der Waals surface area contributed by atoms with Crippen LogP contribution in [0, 0.1) is 0 Å². The third-order valence-corrected chi connectivity index (χ3v) is 15.7. The van der Waals surface area contributed by atoms with Gasteiger partial charge in [-0.3, -0.25) is 0 Å². The smallest absolute Gasteiger partial charge is 0.127 e. The Kier molecular flexibility index (Phi) is 25.6. The lowest BCUT2D eigenvalue weighted by atomic mass is 9.80. The van der Waals surface area contributed by atoms with Gasteiger partial charge in [0.15, 0.2) is 0 Å². The van der Waals surface area contributed by atoms with Crippen LogP contribution in [0.4, 0.5) is 0 Å². The molecule has 88 heavy (non-hydrogen) atoms. The summed E-state index contributed by atoms with van der Waals surface area (Å²) in [4.78, 5) is 0. The molecule has 6 aromatic carbocycles. The van der Waals surface area contributed by atoms with Crippen LogP contribution in [0.25, 0.3) is 10.8 Å². The molecule has 0 saturated heterocycles. The van der Waals surface area contributed by atoms with Gasteiger partial charge in [0.1, 0.15) is 66.7 Å². The highest BCUT2D eigenvalue weighted by molar-refractivity contribution is 5.93. The number of hydrogen-bond acceptors (Lipinski definition) is 13. The Balaban J connectivity index is 1.17. The van der Waals surface area contributed by atoms with Gasteiger partial charge in [0, 0.05) is 47.6 Å². The summed E-state index contributed by atoms with van der Waals surface area (Å²) in [6.07, 6.45) is 4.83. The molecular formula is C75H102O13. The molecule has 0 N–H and O–H groups in total. The van der Waals surface area contributed by atoms with Gasteiger partial charge in [0.2, 0.25) is 0 Å². The Bertz CT molecular complexity index is 3020. The van der Waals surface area contributed by atoms with Crippen LogP contribution in [0.2, 0.25) is 0 Å². The first-order valence-electron chi connectivity index (χ1n) is 32.5. The third kappa shape index (κ3) is 19.5. The molecule has 9 rings (SSSR count). The van der Waals surface area contributed by atoms with Gasteiger partial charge in [-0.05, 0) is 110 Å². The van der Waals surface area contributed by atoms with E-state index in [4.69, 9.17) is 61.6 Å². The summed E-state index contributed by atoms with van der Waals surface area (Å²) >= 11 is 0. The Labute approximate surface area is 526 Å². The second-order valence-electron chi connectivity index (χ2n) is 26.1. The van der Waals surface area contributed by atoms with Crippen molar-refractivity contribution in [3.63, 3.8) is 0 Å². The molecule has 13 nitrogen and oxygen atoms in total. The molecule has 2 heterocycles. The molecule has 1 aliphatic carbocycles. The summed E-state index contributed by atoms with van der Waals surface area (Å²) in [6, 6.07) is 30.5. The van der Waals surface area contributed by atoms with E-state index >= 15 is 0 Å². The summed E-state index contributed by atoms with van der Waals surface area (Å²) in [5.74, 6) is 5.80. The van der Waals surface area contributed by atoms with Crippen molar-refractivity contribution >= 4 is 10.8 Å². The van der Waals surface area contributed by atoms with Crippen LogP contribution < -0.4 is 33.2 Å². The van der Waals surface area contributed by atoms with Gasteiger partial charge in [0.25, 0.3) is 0 Å². The minimum atomic E-state index is -0.183. The zero-order chi connectivity index (χ0) is 62.5. The van der Waals surface area contributed by atoms with Crippen molar-refractivity contribution in [1.82, 2.24) is 0 Å². The van der Waals surface area contributed by atoms with E-state index in [2.05, 4.69) is 132 Å². The predicted octanol–water partition coefficient (Wildman–Crippen LogP) is 15.1. The minimum Gasteiger partial charge on any atom is -0.493 e. The molecule has 6 aromatic rings. The van der Waals surface area contributed by atoms with Crippen molar-refractivity contribution in [3.8, 4) is 40.2 Å². The average Bonchev–Trinajstić information content (AvgIpc) is 1.82. The van der Waals surface area contributed by atoms with Crippen molar-refractivity contribution in [2.75, 3.05) is 126 Å². The van der Waals surface area contributed by atoms with Crippen LogP contribution >= 0.6 is 0 Å². The summed E-state index contributed by atoms with van der Waals surface area (Å²) < 4.78 is 83.3. The first-order chi connectivity index (χ1) is 42.4. The number of fused-ring (bicyclic) bond motifs is 30. The van der Waals surface area contributed by atoms with E-state index in [9.17, 15) is 0 Å². The first-order valence-corrected chi connectivity index (χ1v) is 32.5. The van der Waals surface area contributed by atoms with E-state index in [0.717, 1.165) is 115 Å². The Morgan fingerprint density at radius 1 is 0.318 bits per heavy atom. The first kappa shape index (κ1) is 67.9. The van der Waals surface area contributed by atoms with Gasteiger partial charge in [-0.2, -0.15) is 0 Å². The van der Waals surface area contributed by atoms with Crippen molar-refractivity contribution in [3.05, 3.63) is 146 Å². The molecular weight excluding hydrogens is 1110 g/mol. The molecule has 14 bridgehead atoms. The van der Waals surface area contributed by atoms with E-state index in [-0.39, 0.29) is 16.2 Å². The summed E-state index contributed by atoms with van der Waals surface area (Å²) in [6.45, 7) is 35.3. The molecule has 480 valence electrons. The van der Waals surface area contributed by atoms with Crippen LogP contribution in [-0.4, -0.2) is 126 Å². The maximum absolute atomic E-state index is 7.13. The predicted molar refractivity (Wildman–Crippen MR) is 351 cm³/mol. The second-order valence-corrected chi connectivity index (χ2v) is 26.1. The minimum absolute atomic E-state index is 0.140. The molecule has 0 radical (unpaired) electrons. The number of ether oxygens (including phenoxy) is 13. The zero-order valence-corrected chi connectivity index (χ0v) is 55.3. The lowest BCUT2D eigenvalue weighted by molar-refractivity contribution is 0.00478. The van der Waals surface area contributed by atoms with Gasteiger partial charge in [0.05, 0.1) is 99.1 Å². The third-order valence-electron chi connectivity index (χ3n) is 15.7. The quantitative estimate of drug-likeness (QED) is 0.128. The summed E-state index contributed by atoms with van der Waals surface area (Å²) in [7, 11) is 0. The van der Waals surface area contributed by atoms with E-state index in [1.165, 1.54) is 16.7 Å². The largest absolute Gasteiger partial charge is 0.493 e. The molecule has 0 saturated carbocycles. The van der Waals surface area contributed by atoms with Crippen LogP contribution in [0.5, 0.6) is 40.2 Å². The van der Waals surface area contributed by atoms with Crippen molar-refractivity contribution in [1.29, 1.82) is 0 Å². The maximum Gasteiger partial charge on any atom is 0.127 e. The van der Waals surface area contributed by atoms with Gasteiger partial charge >= 0.3 is 0 Å². The van der Waals surface area contributed by atoms with Crippen molar-refractivity contribution in [2.45, 2.75) is 144 Å². The van der Waals surface area contributed by atoms with Crippen LogP contribution in [0.3, 0.4) is 0 Å². The van der Waals surface area contributed by atoms with Gasteiger partial charge in [-0.25, -0.2) is 0 Å². The van der Waals surface area contributed by atoms with E-state index in [1.54, 1.807) is 0 Å². The fourth-order valence-corrected chi connectivity index (χ4v) is 11.0. The number of benzene rings is 6. The Hall–Kier alpha value is -6.06. The van der Waals surface area contributed by atoms with Crippen molar-refractivity contribution in [2.24, 2.45) is 0 Å². The molecule has 0 unspecified atom stereocenters. The lowest BCUT2D eigenvalue weighted by Crippen LogP contribution is -2.17. The molecule has 2 aliphatic heterocycles. The highest BCUT2D eigenvalue weighted by Gasteiger charge is 2.29. The monoisotopic (exact) mass is 1210 g/mol. The average molecular weight is 1210 g/mol. The second kappa shape index (κ2) is 33.1. The topological polar surface area (TPSA) is 120 Å². The molecule has 0 atom stereocenters. The number of rotatable bonds is 9. The highest BCUT2D eigenvalue weighted by atomic mass is 16.6. The fourth-order valence-electron chi connectivity index (χ4n) is 11.0. The molecule has 0 aromatic heterocycles. The molecule has 13 heteroatoms. The highest BCUT2D eigenvalue weighted by Crippen LogP contribution is 2.45. The molecule has 0 fully saturated rings. The van der Waals surface area contributed by atoms with Gasteiger partial charge in [-0.15, -0.1) is 0 Å². The summed E-state index contributed by atoms with van der Waals surface area (Å²) in [5.41, 5.74) is 11.9. The molecule has 0 spiro atoms. The van der Waals surface area contributed by atoms with Gasteiger partial charge in [-0.1, -0.05) is 144 Å². The Morgan fingerprint density at radius 2 is 0.591 bits per heavy atom. The molecule has 0 amide bonds. The van der Waals surface area contributed by atoms with Crippen LogP contribution in [0.1, 0.15) is 164 Å². The van der Waals surface area contributed by atoms with Crippen molar-refractivity contribution < 1.29 is 61.6 Å². The Morgan fingerprint density at radius 3 is 0.886 bits per heavy atom. The van der Waals surface area contributed by atoms with E-state index in [0.29, 0.717) is 151 Å². The number of hydrogen-bond donors (Lipinski definition) is 0. The van der Waals surface area contributed by atoms with E-state index in [1.807, 2.05) is 36.4 Å². The normalized spacial score (nSPS) is 16.3. The van der Waals surface area contributed by atoms with E-state index < -0.39 is 0 Å². The molecule has 3 aliphatic rings. The summed E-state index contributed by atoms with van der Waals surface area (Å²) in [5, 5.41) is 1.95.